The Kier molecular flexibility index (Phi) is 4.89. The van der Waals surface area contributed by atoms with Crippen LogP contribution in [0, 0.1) is 0 Å². The molecule has 28 heavy (non-hydrogen) atoms. The van der Waals surface area contributed by atoms with Gasteiger partial charge in [-0.05, 0) is 30.0 Å². The van der Waals surface area contributed by atoms with E-state index in [4.69, 9.17) is 0 Å². The predicted octanol–water partition coefficient (Wildman–Crippen LogP) is 1.20. The minimum atomic E-state index is -3.07. The zero-order chi connectivity index (χ0) is 19.7. The Balaban J connectivity index is 1.46. The summed E-state index contributed by atoms with van der Waals surface area (Å²) in [5.41, 5.74) is 2.99. The molecule has 7 nitrogen and oxygen atoms in total. The van der Waals surface area contributed by atoms with Crippen molar-refractivity contribution >= 4 is 21.7 Å². The number of sulfone groups is 1. The molecular formula is C20H21N3O4S. The maximum Gasteiger partial charge on any atom is 0.255 e. The lowest BCUT2D eigenvalue weighted by atomic mass is 9.99. The van der Waals surface area contributed by atoms with E-state index >= 15 is 0 Å². The van der Waals surface area contributed by atoms with E-state index in [0.717, 1.165) is 12.0 Å². The molecule has 1 N–H and O–H groups in total. The summed E-state index contributed by atoms with van der Waals surface area (Å²) in [6.45, 7) is 1.15. The van der Waals surface area contributed by atoms with E-state index in [9.17, 15) is 18.0 Å². The van der Waals surface area contributed by atoms with Crippen LogP contribution in [0.15, 0.2) is 42.7 Å². The molecule has 1 unspecified atom stereocenters. The smallest absolute Gasteiger partial charge is 0.255 e. The molecule has 3 heterocycles. The largest absolute Gasteiger partial charge is 0.348 e. The molecule has 1 aromatic carbocycles. The second-order valence-electron chi connectivity index (χ2n) is 7.28. The first kappa shape index (κ1) is 18.6. The lowest BCUT2D eigenvalue weighted by Crippen LogP contribution is -2.37. The summed E-state index contributed by atoms with van der Waals surface area (Å²) in [4.78, 5) is 31.1. The van der Waals surface area contributed by atoms with Gasteiger partial charge in [0, 0.05) is 31.5 Å². The first-order valence-corrected chi connectivity index (χ1v) is 11.1. The Morgan fingerprint density at radius 2 is 1.86 bits per heavy atom. The van der Waals surface area contributed by atoms with Gasteiger partial charge in [-0.3, -0.25) is 14.6 Å². The molecule has 2 aliphatic rings. The monoisotopic (exact) mass is 399 g/mol. The molecular weight excluding hydrogens is 378 g/mol. The minimum absolute atomic E-state index is 0.0437. The lowest BCUT2D eigenvalue weighted by molar-refractivity contribution is 0.0734. The van der Waals surface area contributed by atoms with Crippen LogP contribution in [0.2, 0.25) is 0 Å². The molecule has 0 saturated carbocycles. The van der Waals surface area contributed by atoms with Crippen LogP contribution in [0.5, 0.6) is 0 Å². The highest BCUT2D eigenvalue weighted by Gasteiger charge is 2.29. The van der Waals surface area contributed by atoms with E-state index < -0.39 is 21.8 Å². The Hall–Kier alpha value is -2.74. The molecule has 0 radical (unpaired) electrons. The Labute approximate surface area is 163 Å². The summed E-state index contributed by atoms with van der Waals surface area (Å²) >= 11 is 0. The molecule has 2 aliphatic heterocycles. The third kappa shape index (κ3) is 3.91. The zero-order valence-corrected chi connectivity index (χ0v) is 16.1. The second kappa shape index (κ2) is 7.35. The number of hydrogen-bond acceptors (Lipinski definition) is 5. The van der Waals surface area contributed by atoms with E-state index in [0.29, 0.717) is 25.1 Å². The standard InChI is InChI=1S/C20H21N3O4S/c24-19(22-18-6-8-28(26,27)13-18)16-9-17(11-21-10-16)20(25)23-7-5-14-3-1-2-4-15(14)12-23/h1-4,9-11,18H,5-8,12-13H2,(H,22,24). The Bertz CT molecular complexity index is 1040. The van der Waals surface area contributed by atoms with Crippen molar-refractivity contribution in [3.8, 4) is 0 Å². The van der Waals surface area contributed by atoms with Crippen molar-refractivity contribution in [3.63, 3.8) is 0 Å². The lowest BCUT2D eigenvalue weighted by Gasteiger charge is -2.29. The highest BCUT2D eigenvalue weighted by Crippen LogP contribution is 2.20. The van der Waals surface area contributed by atoms with Crippen LogP contribution in [-0.2, 0) is 22.8 Å². The van der Waals surface area contributed by atoms with Gasteiger partial charge in [-0.15, -0.1) is 0 Å². The van der Waals surface area contributed by atoms with Crippen LogP contribution in [0.1, 0.15) is 38.3 Å². The van der Waals surface area contributed by atoms with Gasteiger partial charge in [0.1, 0.15) is 0 Å². The number of nitrogens with zero attached hydrogens (tertiary/aromatic N) is 2. The van der Waals surface area contributed by atoms with Crippen LogP contribution < -0.4 is 5.32 Å². The topological polar surface area (TPSA) is 96.4 Å². The number of amides is 2. The van der Waals surface area contributed by atoms with Crippen LogP contribution in [0.3, 0.4) is 0 Å². The molecule has 8 heteroatoms. The molecule has 1 atom stereocenters. The van der Waals surface area contributed by atoms with E-state index in [1.807, 2.05) is 18.2 Å². The molecule has 2 amide bonds. The summed E-state index contributed by atoms with van der Waals surface area (Å²) in [5, 5.41) is 2.73. The normalized spacial score (nSPS) is 20.4. The van der Waals surface area contributed by atoms with E-state index in [2.05, 4.69) is 16.4 Å². The summed E-state index contributed by atoms with van der Waals surface area (Å²) in [6, 6.07) is 9.18. The summed E-state index contributed by atoms with van der Waals surface area (Å²) in [6.07, 6.45) is 4.06. The first-order chi connectivity index (χ1) is 13.4. The van der Waals surface area contributed by atoms with Crippen molar-refractivity contribution in [2.75, 3.05) is 18.1 Å². The van der Waals surface area contributed by atoms with Gasteiger partial charge >= 0.3 is 0 Å². The van der Waals surface area contributed by atoms with Crippen LogP contribution in [0.4, 0.5) is 0 Å². The van der Waals surface area contributed by atoms with Gasteiger partial charge in [0.2, 0.25) is 0 Å². The van der Waals surface area contributed by atoms with Crippen molar-refractivity contribution in [1.29, 1.82) is 0 Å². The third-order valence-corrected chi connectivity index (χ3v) is 7.00. The number of fused-ring (bicyclic) bond motifs is 1. The molecule has 146 valence electrons. The van der Waals surface area contributed by atoms with Crippen LogP contribution >= 0.6 is 0 Å². The van der Waals surface area contributed by atoms with Gasteiger partial charge in [-0.2, -0.15) is 0 Å². The molecule has 4 rings (SSSR count). The van der Waals surface area contributed by atoms with Crippen molar-refractivity contribution in [2.24, 2.45) is 0 Å². The first-order valence-electron chi connectivity index (χ1n) is 9.24. The van der Waals surface area contributed by atoms with Crippen molar-refractivity contribution in [1.82, 2.24) is 15.2 Å². The average Bonchev–Trinajstić information content (AvgIpc) is 3.05. The third-order valence-electron chi connectivity index (χ3n) is 5.23. The average molecular weight is 399 g/mol. The fraction of sp³-hybridized carbons (Fsp3) is 0.350. The number of hydrogen-bond donors (Lipinski definition) is 1. The van der Waals surface area contributed by atoms with Crippen molar-refractivity contribution in [3.05, 3.63) is 65.0 Å². The molecule has 2 aromatic rings. The maximum absolute atomic E-state index is 12.9. The van der Waals surface area contributed by atoms with Gasteiger partial charge in [-0.25, -0.2) is 8.42 Å². The van der Waals surface area contributed by atoms with E-state index in [1.165, 1.54) is 24.0 Å². The van der Waals surface area contributed by atoms with Gasteiger partial charge in [0.25, 0.3) is 11.8 Å². The van der Waals surface area contributed by atoms with Gasteiger partial charge in [0.15, 0.2) is 9.84 Å². The number of carbonyl (C=O) groups excluding carboxylic acids is 2. The SMILES string of the molecule is O=C(NC1CCS(=O)(=O)C1)c1cncc(C(=O)N2CCc3ccccc3C2)c1. The fourth-order valence-electron chi connectivity index (χ4n) is 3.71. The van der Waals surface area contributed by atoms with E-state index in [-0.39, 0.29) is 23.0 Å². The zero-order valence-electron chi connectivity index (χ0n) is 15.3. The molecule has 0 aliphatic carbocycles. The molecule has 1 fully saturated rings. The van der Waals surface area contributed by atoms with Crippen molar-refractivity contribution in [2.45, 2.75) is 25.4 Å². The van der Waals surface area contributed by atoms with E-state index in [1.54, 1.807) is 4.90 Å². The Morgan fingerprint density at radius 1 is 1.11 bits per heavy atom. The summed E-state index contributed by atoms with van der Waals surface area (Å²) in [7, 11) is -3.07. The number of benzene rings is 1. The minimum Gasteiger partial charge on any atom is -0.348 e. The molecule has 1 aromatic heterocycles. The van der Waals surface area contributed by atoms with Crippen molar-refractivity contribution < 1.29 is 18.0 Å². The predicted molar refractivity (Wildman–Crippen MR) is 104 cm³/mol. The maximum atomic E-state index is 12.9. The number of rotatable bonds is 3. The molecule has 0 bridgehead atoms. The fourth-order valence-corrected chi connectivity index (χ4v) is 5.38. The van der Waals surface area contributed by atoms with Crippen LogP contribution in [0.25, 0.3) is 0 Å². The second-order valence-corrected chi connectivity index (χ2v) is 9.51. The quantitative estimate of drug-likeness (QED) is 0.837. The Morgan fingerprint density at radius 3 is 2.61 bits per heavy atom. The number of nitrogens with one attached hydrogen (secondary N) is 1. The van der Waals surface area contributed by atoms with Gasteiger partial charge in [-0.1, -0.05) is 24.3 Å². The molecule has 0 spiro atoms. The molecule has 1 saturated heterocycles. The summed E-state index contributed by atoms with van der Waals surface area (Å²) in [5.74, 6) is -0.531. The van der Waals surface area contributed by atoms with Gasteiger partial charge < -0.3 is 10.2 Å². The number of pyridine rings is 1. The summed E-state index contributed by atoms with van der Waals surface area (Å²) < 4.78 is 23.1. The number of carbonyl (C=O) groups is 2. The van der Waals surface area contributed by atoms with Gasteiger partial charge in [0.05, 0.1) is 22.6 Å². The van der Waals surface area contributed by atoms with Crippen LogP contribution in [-0.4, -0.2) is 54.2 Å². The highest BCUT2D eigenvalue weighted by molar-refractivity contribution is 7.91. The number of aromatic nitrogens is 1. The highest BCUT2D eigenvalue weighted by atomic mass is 32.2.